The number of rotatable bonds is 24. The normalized spacial score (nSPS) is 12.2. The first-order valence-corrected chi connectivity index (χ1v) is 20.0. The third-order valence-electron chi connectivity index (χ3n) is 9.62. The van der Waals surface area contributed by atoms with Crippen LogP contribution in [0.5, 0.6) is 23.0 Å². The minimum atomic E-state index is -0.640. The van der Waals surface area contributed by atoms with E-state index in [0.717, 1.165) is 49.7 Å². The van der Waals surface area contributed by atoms with E-state index in [1.807, 2.05) is 72.8 Å². The Balaban J connectivity index is 1.33. The van der Waals surface area contributed by atoms with Gasteiger partial charge in [-0.15, -0.1) is 0 Å². The molecular weight excluding hydrogens is 717 g/mol. The molecule has 4 aromatic rings. The molecule has 0 heterocycles. The van der Waals surface area contributed by atoms with Crippen LogP contribution in [0.1, 0.15) is 89.5 Å². The van der Waals surface area contributed by atoms with E-state index in [4.69, 9.17) is 28.4 Å². The fourth-order valence-electron chi connectivity index (χ4n) is 5.86. The van der Waals surface area contributed by atoms with Gasteiger partial charge in [0.25, 0.3) is 0 Å². The van der Waals surface area contributed by atoms with Crippen LogP contribution in [0.3, 0.4) is 0 Å². The van der Waals surface area contributed by atoms with E-state index in [0.29, 0.717) is 34.1 Å². The standard InChI is InChI=1S/C49H60O8/c1-9-11-13-37-15-23-41(24-16-37)52-31-45(56-47(50)35(3)4)33-54-43-27-19-39(20-28-43)49(7,8)40-21-29-44(30-22-40)55-34-46(57-48(51)36(5)6)32-53-42-25-17-38(18-26-42)14-12-10-2/h15-30,45-46H,3,5,9-14,31-34H2,1-2,4,6-8H3. The molecule has 8 heteroatoms. The first-order chi connectivity index (χ1) is 27.4. The zero-order valence-electron chi connectivity index (χ0n) is 34.6. The van der Waals surface area contributed by atoms with Crippen LogP contribution in [0.15, 0.2) is 121 Å². The van der Waals surface area contributed by atoms with Gasteiger partial charge in [-0.25, -0.2) is 9.59 Å². The molecule has 2 atom stereocenters. The lowest BCUT2D eigenvalue weighted by Gasteiger charge is -2.27. The van der Waals surface area contributed by atoms with Crippen molar-refractivity contribution in [2.75, 3.05) is 26.4 Å². The van der Waals surface area contributed by atoms with Gasteiger partial charge in [0.15, 0.2) is 12.2 Å². The Morgan fingerprint density at radius 1 is 0.509 bits per heavy atom. The lowest BCUT2D eigenvalue weighted by Crippen LogP contribution is -2.31. The Morgan fingerprint density at radius 3 is 1.05 bits per heavy atom. The molecule has 0 aliphatic heterocycles. The number of hydrogen-bond donors (Lipinski definition) is 0. The summed E-state index contributed by atoms with van der Waals surface area (Å²) in [6, 6.07) is 31.8. The van der Waals surface area contributed by atoms with Crippen LogP contribution in [0.2, 0.25) is 0 Å². The van der Waals surface area contributed by atoms with Crippen LogP contribution in [-0.2, 0) is 37.3 Å². The minimum Gasteiger partial charge on any atom is -0.490 e. The molecule has 4 aromatic carbocycles. The summed E-state index contributed by atoms with van der Waals surface area (Å²) in [5.41, 5.74) is 4.98. The van der Waals surface area contributed by atoms with Gasteiger partial charge in [-0.3, -0.25) is 0 Å². The number of unbranched alkanes of at least 4 members (excludes halogenated alkanes) is 2. The Bertz CT molecular complexity index is 1720. The summed E-state index contributed by atoms with van der Waals surface area (Å²) in [6.45, 7) is 19.8. The van der Waals surface area contributed by atoms with E-state index in [1.165, 1.54) is 11.1 Å². The van der Waals surface area contributed by atoms with Gasteiger partial charge < -0.3 is 28.4 Å². The van der Waals surface area contributed by atoms with Crippen molar-refractivity contribution in [3.05, 3.63) is 144 Å². The number of ether oxygens (including phenoxy) is 6. The third-order valence-corrected chi connectivity index (χ3v) is 9.62. The molecule has 57 heavy (non-hydrogen) atoms. The topological polar surface area (TPSA) is 89.5 Å². The van der Waals surface area contributed by atoms with Crippen molar-refractivity contribution < 1.29 is 38.0 Å². The Morgan fingerprint density at radius 2 is 0.789 bits per heavy atom. The highest BCUT2D eigenvalue weighted by atomic mass is 16.6. The second-order valence-corrected chi connectivity index (χ2v) is 15.0. The molecule has 0 aliphatic carbocycles. The number of carbonyl (C=O) groups excluding carboxylic acids is 2. The fourth-order valence-corrected chi connectivity index (χ4v) is 5.86. The van der Waals surface area contributed by atoms with Crippen molar-refractivity contribution in [1.82, 2.24) is 0 Å². The average Bonchev–Trinajstić information content (AvgIpc) is 3.22. The first-order valence-electron chi connectivity index (χ1n) is 20.0. The highest BCUT2D eigenvalue weighted by molar-refractivity contribution is 5.87. The summed E-state index contributed by atoms with van der Waals surface area (Å²) in [6.07, 6.45) is 5.36. The van der Waals surface area contributed by atoms with Crippen LogP contribution in [-0.4, -0.2) is 50.6 Å². The van der Waals surface area contributed by atoms with E-state index in [2.05, 4.69) is 65.1 Å². The van der Waals surface area contributed by atoms with E-state index < -0.39 is 24.1 Å². The van der Waals surface area contributed by atoms with Crippen molar-refractivity contribution in [3.8, 4) is 23.0 Å². The molecule has 0 radical (unpaired) electrons. The van der Waals surface area contributed by atoms with Crippen molar-refractivity contribution in [1.29, 1.82) is 0 Å². The molecule has 0 aromatic heterocycles. The van der Waals surface area contributed by atoms with Gasteiger partial charge in [0, 0.05) is 16.6 Å². The van der Waals surface area contributed by atoms with Crippen molar-refractivity contribution >= 4 is 11.9 Å². The molecule has 0 bridgehead atoms. The SMILES string of the molecule is C=C(C)C(=O)OC(COc1ccc(CCCC)cc1)COc1ccc(C(C)(C)c2ccc(OCC(COc3ccc(CCCC)cc3)OC(=O)C(=C)C)cc2)cc1. The average molecular weight is 777 g/mol. The number of aryl methyl sites for hydroxylation is 2. The van der Waals surface area contributed by atoms with Gasteiger partial charge in [0.2, 0.25) is 0 Å². The van der Waals surface area contributed by atoms with E-state index in [1.54, 1.807) is 13.8 Å². The molecule has 4 rings (SSSR count). The van der Waals surface area contributed by atoms with Crippen molar-refractivity contribution in [3.63, 3.8) is 0 Å². The Hall–Kier alpha value is -5.50. The number of carbonyl (C=O) groups is 2. The predicted octanol–water partition coefficient (Wildman–Crippen LogP) is 10.6. The van der Waals surface area contributed by atoms with Gasteiger partial charge in [-0.2, -0.15) is 0 Å². The fraction of sp³-hybridized carbons (Fsp3) is 0.388. The zero-order chi connectivity index (χ0) is 41.2. The van der Waals surface area contributed by atoms with Gasteiger partial charge in [-0.05, 0) is 110 Å². The Kier molecular flexibility index (Phi) is 17.3. The Labute approximate surface area is 339 Å². The number of benzene rings is 4. The molecule has 0 N–H and O–H groups in total. The predicted molar refractivity (Wildman–Crippen MR) is 226 cm³/mol. The molecule has 0 amide bonds. The minimum absolute atomic E-state index is 0.114. The zero-order valence-corrected chi connectivity index (χ0v) is 34.6. The summed E-state index contributed by atoms with van der Waals surface area (Å²) in [7, 11) is 0. The third kappa shape index (κ3) is 14.5. The van der Waals surface area contributed by atoms with Crippen molar-refractivity contribution in [2.24, 2.45) is 0 Å². The molecule has 304 valence electrons. The maximum absolute atomic E-state index is 12.4. The van der Waals surface area contributed by atoms with E-state index in [9.17, 15) is 9.59 Å². The number of hydrogen-bond acceptors (Lipinski definition) is 8. The highest BCUT2D eigenvalue weighted by Crippen LogP contribution is 2.33. The smallest absolute Gasteiger partial charge is 0.333 e. The van der Waals surface area contributed by atoms with Crippen LogP contribution in [0, 0.1) is 0 Å². The summed E-state index contributed by atoms with van der Waals surface area (Å²) in [5, 5.41) is 0. The van der Waals surface area contributed by atoms with Crippen LogP contribution in [0.25, 0.3) is 0 Å². The van der Waals surface area contributed by atoms with Gasteiger partial charge >= 0.3 is 11.9 Å². The second kappa shape index (κ2) is 22.3. The van der Waals surface area contributed by atoms with Gasteiger partial charge in [0.1, 0.15) is 49.4 Å². The summed E-state index contributed by atoms with van der Waals surface area (Å²) in [5.74, 6) is 1.71. The number of esters is 2. The van der Waals surface area contributed by atoms with Crippen LogP contribution < -0.4 is 18.9 Å². The maximum atomic E-state index is 12.4. The first kappa shape index (κ1) is 44.2. The van der Waals surface area contributed by atoms with Crippen LogP contribution in [0.4, 0.5) is 0 Å². The monoisotopic (exact) mass is 776 g/mol. The summed E-state index contributed by atoms with van der Waals surface area (Å²) >= 11 is 0. The highest BCUT2D eigenvalue weighted by Gasteiger charge is 2.24. The lowest BCUT2D eigenvalue weighted by atomic mass is 9.78. The lowest BCUT2D eigenvalue weighted by molar-refractivity contribution is -0.148. The molecule has 0 saturated carbocycles. The molecule has 8 nitrogen and oxygen atoms in total. The molecular formula is C49H60O8. The van der Waals surface area contributed by atoms with Gasteiger partial charge in [-0.1, -0.05) is 102 Å². The van der Waals surface area contributed by atoms with Crippen LogP contribution >= 0.6 is 0 Å². The molecule has 0 aliphatic rings. The summed E-state index contributed by atoms with van der Waals surface area (Å²) in [4.78, 5) is 24.8. The largest absolute Gasteiger partial charge is 0.490 e. The molecule has 0 saturated heterocycles. The maximum Gasteiger partial charge on any atom is 0.333 e. The molecule has 2 unspecified atom stereocenters. The van der Waals surface area contributed by atoms with E-state index >= 15 is 0 Å². The quantitative estimate of drug-likeness (QED) is 0.0513. The van der Waals surface area contributed by atoms with Gasteiger partial charge in [0.05, 0.1) is 0 Å². The molecule has 0 fully saturated rings. The molecule has 0 spiro atoms. The summed E-state index contributed by atoms with van der Waals surface area (Å²) < 4.78 is 35.4. The van der Waals surface area contributed by atoms with Crippen molar-refractivity contribution in [2.45, 2.75) is 97.7 Å². The van der Waals surface area contributed by atoms with E-state index in [-0.39, 0.29) is 31.8 Å². The second-order valence-electron chi connectivity index (χ2n) is 15.0.